The summed E-state index contributed by atoms with van der Waals surface area (Å²) in [5.41, 5.74) is 0.802. The molecule has 0 heterocycles. The monoisotopic (exact) mass is 392 g/mol. The molecule has 28 heavy (non-hydrogen) atoms. The van der Waals surface area contributed by atoms with Crippen LogP contribution in [0.25, 0.3) is 0 Å². The van der Waals surface area contributed by atoms with Crippen LogP contribution in [0.15, 0.2) is 22.7 Å². The van der Waals surface area contributed by atoms with Gasteiger partial charge in [-0.3, -0.25) is 9.59 Å². The average Bonchev–Trinajstić information content (AvgIpc) is 2.69. The van der Waals surface area contributed by atoms with Gasteiger partial charge in [0, 0.05) is 11.1 Å². The third kappa shape index (κ3) is 7.81. The van der Waals surface area contributed by atoms with Gasteiger partial charge in [0.05, 0.1) is 14.2 Å². The molecule has 4 nitrogen and oxygen atoms in total. The molecular weight excluding hydrogens is 352 g/mol. The number of rotatable bonds is 16. The summed E-state index contributed by atoms with van der Waals surface area (Å²) >= 11 is 0. The van der Waals surface area contributed by atoms with Crippen molar-refractivity contribution in [2.45, 2.75) is 104 Å². The van der Waals surface area contributed by atoms with Crippen molar-refractivity contribution < 1.29 is 19.1 Å². The topological polar surface area (TPSA) is 52.6 Å². The van der Waals surface area contributed by atoms with Crippen molar-refractivity contribution in [2.24, 2.45) is 0 Å². The van der Waals surface area contributed by atoms with Crippen LogP contribution < -0.4 is 0 Å². The average molecular weight is 393 g/mol. The van der Waals surface area contributed by atoms with Crippen molar-refractivity contribution in [3.05, 3.63) is 22.7 Å². The van der Waals surface area contributed by atoms with Crippen LogP contribution in [0.4, 0.5) is 0 Å². The summed E-state index contributed by atoms with van der Waals surface area (Å²) in [5, 5.41) is 0. The predicted molar refractivity (Wildman–Crippen MR) is 114 cm³/mol. The molecule has 0 N–H and O–H groups in total. The van der Waals surface area contributed by atoms with E-state index in [9.17, 15) is 9.59 Å². The number of Topliss-reactive ketones (excluding diaryl/α,β-unsaturated/α-hetero) is 2. The predicted octanol–water partition coefficient (Wildman–Crippen LogP) is 6.44. The maximum absolute atomic E-state index is 12.6. The minimum atomic E-state index is -0.233. The lowest BCUT2D eigenvalue weighted by molar-refractivity contribution is -0.120. The summed E-state index contributed by atoms with van der Waals surface area (Å²) in [7, 11) is 2.89. The van der Waals surface area contributed by atoms with E-state index in [-0.39, 0.29) is 23.1 Å². The van der Waals surface area contributed by atoms with Crippen LogP contribution in [0.5, 0.6) is 0 Å². The van der Waals surface area contributed by atoms with Crippen molar-refractivity contribution in [2.75, 3.05) is 14.2 Å². The minimum absolute atomic E-state index is 0.162. The van der Waals surface area contributed by atoms with E-state index < -0.39 is 0 Å². The molecule has 160 valence electrons. The quantitative estimate of drug-likeness (QED) is 0.224. The molecule has 0 aliphatic heterocycles. The van der Waals surface area contributed by atoms with Gasteiger partial charge in [0.2, 0.25) is 11.6 Å². The van der Waals surface area contributed by atoms with E-state index in [1.54, 1.807) is 6.92 Å². The van der Waals surface area contributed by atoms with Crippen molar-refractivity contribution in [1.29, 1.82) is 0 Å². The Bertz CT molecular complexity index is 557. The summed E-state index contributed by atoms with van der Waals surface area (Å²) in [5.74, 6) is -0.0724. The van der Waals surface area contributed by atoms with Crippen LogP contribution in [0.1, 0.15) is 104 Å². The molecule has 0 atom stereocenters. The summed E-state index contributed by atoms with van der Waals surface area (Å²) in [6.45, 7) is 3.87. The molecule has 0 saturated carbocycles. The Balaban J connectivity index is 2.19. The molecule has 1 aliphatic rings. The van der Waals surface area contributed by atoms with E-state index in [2.05, 4.69) is 6.92 Å². The maximum Gasteiger partial charge on any atom is 0.227 e. The lowest BCUT2D eigenvalue weighted by Gasteiger charge is -2.20. The number of ketones is 2. The van der Waals surface area contributed by atoms with Crippen LogP contribution in [0, 0.1) is 0 Å². The highest BCUT2D eigenvalue weighted by molar-refractivity contribution is 6.23. The zero-order valence-electron chi connectivity index (χ0n) is 18.5. The highest BCUT2D eigenvalue weighted by Gasteiger charge is 2.33. The standard InChI is InChI=1S/C24H40O4/c1-5-6-7-8-9-10-11-12-13-14-15-16-17-18-20-22(26)23(27-3)19(2)21(25)24(20)28-4/h5-18H2,1-4H3. The van der Waals surface area contributed by atoms with E-state index >= 15 is 0 Å². The van der Waals surface area contributed by atoms with Gasteiger partial charge in [0.15, 0.2) is 11.5 Å². The van der Waals surface area contributed by atoms with Crippen molar-refractivity contribution in [3.8, 4) is 0 Å². The Morgan fingerprint density at radius 1 is 0.607 bits per heavy atom. The molecule has 0 amide bonds. The molecule has 0 aromatic heterocycles. The molecule has 4 heteroatoms. The van der Waals surface area contributed by atoms with Crippen LogP contribution in [0.3, 0.4) is 0 Å². The van der Waals surface area contributed by atoms with Crippen molar-refractivity contribution in [3.63, 3.8) is 0 Å². The number of methoxy groups -OCH3 is 2. The number of unbranched alkanes of at least 4 members (excludes halogenated alkanes) is 12. The zero-order valence-corrected chi connectivity index (χ0v) is 18.5. The smallest absolute Gasteiger partial charge is 0.227 e. The zero-order chi connectivity index (χ0) is 20.8. The minimum Gasteiger partial charge on any atom is -0.492 e. The first-order valence-electron chi connectivity index (χ1n) is 11.2. The second-order valence-corrected chi connectivity index (χ2v) is 7.82. The second kappa shape index (κ2) is 14.4. The van der Waals surface area contributed by atoms with Crippen LogP contribution >= 0.6 is 0 Å². The molecule has 0 spiro atoms. The van der Waals surface area contributed by atoms with Gasteiger partial charge in [-0.2, -0.15) is 0 Å². The Hall–Kier alpha value is -1.58. The Labute approximate surface area is 171 Å². The Kier molecular flexibility index (Phi) is 12.6. The highest BCUT2D eigenvalue weighted by Crippen LogP contribution is 2.29. The molecule has 0 saturated heterocycles. The van der Waals surface area contributed by atoms with Gasteiger partial charge in [-0.15, -0.1) is 0 Å². The third-order valence-electron chi connectivity index (χ3n) is 5.58. The first-order chi connectivity index (χ1) is 13.6. The second-order valence-electron chi connectivity index (χ2n) is 7.82. The maximum atomic E-state index is 12.6. The SMILES string of the molecule is CCCCCCCCCCCCCCCC1=C(OC)C(=O)C(C)=C(OC)C1=O. The van der Waals surface area contributed by atoms with Crippen LogP contribution in [0.2, 0.25) is 0 Å². The van der Waals surface area contributed by atoms with E-state index in [0.29, 0.717) is 17.6 Å². The van der Waals surface area contributed by atoms with Gasteiger partial charge in [-0.1, -0.05) is 84.0 Å². The summed E-state index contributed by atoms with van der Waals surface area (Å²) in [6, 6.07) is 0. The van der Waals surface area contributed by atoms with Gasteiger partial charge in [-0.25, -0.2) is 0 Å². The first-order valence-corrected chi connectivity index (χ1v) is 11.2. The largest absolute Gasteiger partial charge is 0.492 e. The summed E-state index contributed by atoms with van der Waals surface area (Å²) < 4.78 is 10.4. The van der Waals surface area contributed by atoms with E-state index in [1.165, 1.54) is 84.8 Å². The number of ether oxygens (including phenoxy) is 2. The third-order valence-corrected chi connectivity index (χ3v) is 5.58. The Morgan fingerprint density at radius 3 is 1.46 bits per heavy atom. The lowest BCUT2D eigenvalue weighted by atomic mass is 9.90. The molecule has 1 rings (SSSR count). The number of carbonyl (C=O) groups is 2. The van der Waals surface area contributed by atoms with Crippen molar-refractivity contribution >= 4 is 11.6 Å². The van der Waals surface area contributed by atoms with Gasteiger partial charge >= 0.3 is 0 Å². The number of carbonyl (C=O) groups excluding carboxylic acids is 2. The summed E-state index contributed by atoms with van der Waals surface area (Å²) in [4.78, 5) is 24.9. The van der Waals surface area contributed by atoms with Crippen molar-refractivity contribution in [1.82, 2.24) is 0 Å². The fourth-order valence-corrected chi connectivity index (χ4v) is 3.83. The van der Waals surface area contributed by atoms with Crippen LogP contribution in [-0.2, 0) is 19.1 Å². The first kappa shape index (κ1) is 24.5. The Morgan fingerprint density at radius 2 is 1.04 bits per heavy atom. The number of hydrogen-bond acceptors (Lipinski definition) is 4. The number of hydrogen-bond donors (Lipinski definition) is 0. The number of allylic oxidation sites excluding steroid dienone is 2. The van der Waals surface area contributed by atoms with E-state index in [0.717, 1.165) is 12.8 Å². The molecule has 0 unspecified atom stereocenters. The molecule has 0 radical (unpaired) electrons. The normalized spacial score (nSPS) is 14.9. The molecule has 0 fully saturated rings. The lowest BCUT2D eigenvalue weighted by Crippen LogP contribution is -2.25. The molecule has 0 bridgehead atoms. The van der Waals surface area contributed by atoms with Gasteiger partial charge in [0.25, 0.3) is 0 Å². The fourth-order valence-electron chi connectivity index (χ4n) is 3.83. The van der Waals surface area contributed by atoms with Gasteiger partial charge in [-0.05, 0) is 19.8 Å². The van der Waals surface area contributed by atoms with E-state index in [1.807, 2.05) is 0 Å². The fraction of sp³-hybridized carbons (Fsp3) is 0.750. The highest BCUT2D eigenvalue weighted by atomic mass is 16.5. The van der Waals surface area contributed by atoms with Gasteiger partial charge in [0.1, 0.15) is 0 Å². The summed E-state index contributed by atoms with van der Waals surface area (Å²) in [6.07, 6.45) is 17.2. The van der Waals surface area contributed by atoms with Crippen LogP contribution in [-0.4, -0.2) is 25.8 Å². The molecule has 1 aliphatic carbocycles. The van der Waals surface area contributed by atoms with E-state index in [4.69, 9.17) is 9.47 Å². The molecule has 0 aromatic carbocycles. The molecular formula is C24H40O4. The van der Waals surface area contributed by atoms with Gasteiger partial charge < -0.3 is 9.47 Å². The molecule has 0 aromatic rings.